The van der Waals surface area contributed by atoms with Gasteiger partial charge in [-0.05, 0) is 24.3 Å². The van der Waals surface area contributed by atoms with Crippen LogP contribution in [0.3, 0.4) is 0 Å². The Kier molecular flexibility index (Phi) is 4.20. The number of halogens is 1. The fraction of sp³-hybridized carbons (Fsp3) is 0.0769. The molecule has 0 unspecified atom stereocenters. The van der Waals surface area contributed by atoms with Crippen molar-refractivity contribution in [1.29, 1.82) is 0 Å². The first-order chi connectivity index (χ1) is 9.15. The van der Waals surface area contributed by atoms with Crippen molar-refractivity contribution in [2.45, 2.75) is 0 Å². The molecular formula is C13H12ClN3O2. The highest BCUT2D eigenvalue weighted by Gasteiger charge is 2.06. The molecule has 1 aromatic heterocycles. The van der Waals surface area contributed by atoms with Crippen LogP contribution >= 0.6 is 11.6 Å². The van der Waals surface area contributed by atoms with Crippen molar-refractivity contribution in [2.24, 2.45) is 0 Å². The van der Waals surface area contributed by atoms with Gasteiger partial charge >= 0.3 is 0 Å². The summed E-state index contributed by atoms with van der Waals surface area (Å²) in [5.74, 6) is 0.213. The van der Waals surface area contributed by atoms with E-state index in [9.17, 15) is 4.79 Å². The average Bonchev–Trinajstić information content (AvgIpc) is 2.39. The van der Waals surface area contributed by atoms with Crippen molar-refractivity contribution in [3.63, 3.8) is 0 Å². The molecule has 0 aliphatic carbocycles. The fourth-order valence-corrected chi connectivity index (χ4v) is 1.59. The zero-order valence-corrected chi connectivity index (χ0v) is 10.7. The molecule has 1 amide bonds. The SMILES string of the molecule is Nc1cccc(OCC(=O)Nc2cccnc2Cl)c1. The molecule has 2 aromatic rings. The lowest BCUT2D eigenvalue weighted by atomic mass is 10.3. The van der Waals surface area contributed by atoms with E-state index in [1.807, 2.05) is 0 Å². The van der Waals surface area contributed by atoms with E-state index in [0.29, 0.717) is 17.1 Å². The second-order valence-electron chi connectivity index (χ2n) is 3.75. The fourth-order valence-electron chi connectivity index (χ4n) is 1.42. The van der Waals surface area contributed by atoms with Crippen LogP contribution in [0.2, 0.25) is 5.15 Å². The highest BCUT2D eigenvalue weighted by atomic mass is 35.5. The Balaban J connectivity index is 1.90. The van der Waals surface area contributed by atoms with E-state index in [1.165, 1.54) is 0 Å². The maximum Gasteiger partial charge on any atom is 0.262 e. The zero-order valence-electron chi connectivity index (χ0n) is 9.97. The van der Waals surface area contributed by atoms with E-state index in [0.717, 1.165) is 0 Å². The molecule has 1 aromatic carbocycles. The van der Waals surface area contributed by atoms with Gasteiger partial charge in [0.25, 0.3) is 5.91 Å². The van der Waals surface area contributed by atoms with Crippen LogP contribution in [0, 0.1) is 0 Å². The topological polar surface area (TPSA) is 77.2 Å². The lowest BCUT2D eigenvalue weighted by molar-refractivity contribution is -0.118. The molecule has 0 aliphatic rings. The van der Waals surface area contributed by atoms with Crippen LogP contribution in [0.1, 0.15) is 0 Å². The molecule has 5 nitrogen and oxygen atoms in total. The molecule has 19 heavy (non-hydrogen) atoms. The average molecular weight is 278 g/mol. The Morgan fingerprint density at radius 1 is 1.37 bits per heavy atom. The van der Waals surface area contributed by atoms with Crippen LogP contribution < -0.4 is 15.8 Å². The van der Waals surface area contributed by atoms with Crippen molar-refractivity contribution in [3.05, 3.63) is 47.7 Å². The highest BCUT2D eigenvalue weighted by molar-refractivity contribution is 6.32. The van der Waals surface area contributed by atoms with Gasteiger partial charge in [-0.3, -0.25) is 4.79 Å². The number of carbonyl (C=O) groups is 1. The van der Waals surface area contributed by atoms with E-state index < -0.39 is 0 Å². The molecule has 0 radical (unpaired) electrons. The number of rotatable bonds is 4. The maximum atomic E-state index is 11.7. The minimum atomic E-state index is -0.322. The molecule has 1 heterocycles. The number of amides is 1. The van der Waals surface area contributed by atoms with Gasteiger partial charge in [0.15, 0.2) is 11.8 Å². The lowest BCUT2D eigenvalue weighted by Crippen LogP contribution is -2.20. The Bertz CT molecular complexity index is 590. The molecule has 0 spiro atoms. The number of anilines is 2. The van der Waals surface area contributed by atoms with Gasteiger partial charge in [0.1, 0.15) is 5.75 Å². The number of pyridine rings is 1. The first-order valence-corrected chi connectivity index (χ1v) is 5.91. The van der Waals surface area contributed by atoms with E-state index in [2.05, 4.69) is 10.3 Å². The smallest absolute Gasteiger partial charge is 0.262 e. The number of hydrogen-bond donors (Lipinski definition) is 2. The summed E-state index contributed by atoms with van der Waals surface area (Å²) < 4.78 is 5.31. The molecule has 0 fully saturated rings. The minimum absolute atomic E-state index is 0.130. The Labute approximate surface area is 115 Å². The van der Waals surface area contributed by atoms with Gasteiger partial charge in [-0.1, -0.05) is 17.7 Å². The molecule has 0 saturated heterocycles. The van der Waals surface area contributed by atoms with Crippen LogP contribution in [0.15, 0.2) is 42.6 Å². The van der Waals surface area contributed by atoms with Crippen LogP contribution in [-0.2, 0) is 4.79 Å². The third-order valence-corrected chi connectivity index (χ3v) is 2.56. The highest BCUT2D eigenvalue weighted by Crippen LogP contribution is 2.18. The van der Waals surface area contributed by atoms with Crippen molar-refractivity contribution in [3.8, 4) is 5.75 Å². The number of nitrogens with zero attached hydrogens (tertiary/aromatic N) is 1. The number of benzene rings is 1. The van der Waals surface area contributed by atoms with Gasteiger partial charge in [-0.2, -0.15) is 0 Å². The third-order valence-electron chi connectivity index (χ3n) is 2.26. The molecule has 0 aliphatic heterocycles. The molecule has 0 atom stereocenters. The predicted molar refractivity (Wildman–Crippen MR) is 74.2 cm³/mol. The van der Waals surface area contributed by atoms with Crippen molar-refractivity contribution >= 4 is 28.9 Å². The summed E-state index contributed by atoms with van der Waals surface area (Å²) in [5.41, 5.74) is 6.63. The van der Waals surface area contributed by atoms with Gasteiger partial charge in [0.2, 0.25) is 0 Å². The second kappa shape index (κ2) is 6.06. The molecule has 2 rings (SSSR count). The van der Waals surface area contributed by atoms with E-state index in [1.54, 1.807) is 42.6 Å². The molecular weight excluding hydrogens is 266 g/mol. The molecule has 98 valence electrons. The quantitative estimate of drug-likeness (QED) is 0.664. The van der Waals surface area contributed by atoms with E-state index >= 15 is 0 Å². The van der Waals surface area contributed by atoms with Gasteiger partial charge in [-0.15, -0.1) is 0 Å². The second-order valence-corrected chi connectivity index (χ2v) is 4.11. The summed E-state index contributed by atoms with van der Waals surface area (Å²) in [6, 6.07) is 10.2. The Morgan fingerprint density at radius 3 is 2.95 bits per heavy atom. The van der Waals surface area contributed by atoms with Gasteiger partial charge in [-0.25, -0.2) is 4.98 Å². The van der Waals surface area contributed by atoms with Gasteiger partial charge in [0, 0.05) is 18.0 Å². The van der Waals surface area contributed by atoms with Gasteiger partial charge < -0.3 is 15.8 Å². The normalized spacial score (nSPS) is 9.95. The van der Waals surface area contributed by atoms with Crippen LogP contribution in [0.25, 0.3) is 0 Å². The molecule has 6 heteroatoms. The first kappa shape index (κ1) is 13.2. The standard InChI is InChI=1S/C13H12ClN3O2/c14-13-11(5-2-6-16-13)17-12(18)8-19-10-4-1-3-9(15)7-10/h1-7H,8,15H2,(H,17,18). The van der Waals surface area contributed by atoms with Crippen molar-refractivity contribution in [1.82, 2.24) is 4.98 Å². The van der Waals surface area contributed by atoms with Crippen molar-refractivity contribution < 1.29 is 9.53 Å². The van der Waals surface area contributed by atoms with Crippen LogP contribution in [0.5, 0.6) is 5.75 Å². The van der Waals surface area contributed by atoms with Crippen LogP contribution in [0.4, 0.5) is 11.4 Å². The summed E-state index contributed by atoms with van der Waals surface area (Å²) in [6.07, 6.45) is 1.54. The Hall–Kier alpha value is -2.27. The van der Waals surface area contributed by atoms with Crippen LogP contribution in [-0.4, -0.2) is 17.5 Å². The van der Waals surface area contributed by atoms with Gasteiger partial charge in [0.05, 0.1) is 5.69 Å². The summed E-state index contributed by atoms with van der Waals surface area (Å²) >= 11 is 5.82. The molecule has 0 saturated carbocycles. The van der Waals surface area contributed by atoms with Crippen molar-refractivity contribution in [2.75, 3.05) is 17.7 Å². The first-order valence-electron chi connectivity index (χ1n) is 5.54. The number of nitrogens with one attached hydrogen (secondary N) is 1. The molecule has 0 bridgehead atoms. The monoisotopic (exact) mass is 277 g/mol. The predicted octanol–water partition coefficient (Wildman–Crippen LogP) is 2.33. The molecule has 3 N–H and O–H groups in total. The maximum absolute atomic E-state index is 11.7. The number of nitrogen functional groups attached to an aromatic ring is 1. The summed E-state index contributed by atoms with van der Waals surface area (Å²) in [6.45, 7) is -0.130. The largest absolute Gasteiger partial charge is 0.484 e. The minimum Gasteiger partial charge on any atom is -0.484 e. The summed E-state index contributed by atoms with van der Waals surface area (Å²) in [7, 11) is 0. The number of aromatic nitrogens is 1. The number of ether oxygens (including phenoxy) is 1. The number of carbonyl (C=O) groups excluding carboxylic acids is 1. The van der Waals surface area contributed by atoms with E-state index in [4.69, 9.17) is 22.1 Å². The zero-order chi connectivity index (χ0) is 13.7. The Morgan fingerprint density at radius 2 is 2.21 bits per heavy atom. The summed E-state index contributed by atoms with van der Waals surface area (Å²) in [4.78, 5) is 15.5. The lowest BCUT2D eigenvalue weighted by Gasteiger charge is -2.08. The van der Waals surface area contributed by atoms with E-state index in [-0.39, 0.29) is 17.7 Å². The third kappa shape index (κ3) is 3.86. The number of hydrogen-bond acceptors (Lipinski definition) is 4. The summed E-state index contributed by atoms with van der Waals surface area (Å²) in [5, 5.41) is 2.84. The number of nitrogens with two attached hydrogens (primary N) is 1.